The highest BCUT2D eigenvalue weighted by molar-refractivity contribution is 7.91. The number of hydrogen-bond donors (Lipinski definition) is 0. The van der Waals surface area contributed by atoms with Gasteiger partial charge in [-0.3, -0.25) is 9.59 Å². The van der Waals surface area contributed by atoms with Crippen molar-refractivity contribution in [2.45, 2.75) is 50.7 Å². The average molecular weight is 407 g/mol. The summed E-state index contributed by atoms with van der Waals surface area (Å²) in [6, 6.07) is 6.82. The quantitative estimate of drug-likeness (QED) is 0.753. The van der Waals surface area contributed by atoms with Crippen molar-refractivity contribution < 1.29 is 18.0 Å². The maximum atomic E-state index is 12.7. The van der Waals surface area contributed by atoms with E-state index in [1.165, 1.54) is 0 Å². The number of likely N-dealkylation sites (tertiary alicyclic amines) is 2. The fourth-order valence-corrected chi connectivity index (χ4v) is 5.33. The molecule has 2 fully saturated rings. The van der Waals surface area contributed by atoms with Crippen molar-refractivity contribution in [3.8, 4) is 0 Å². The van der Waals surface area contributed by atoms with E-state index in [1.807, 2.05) is 4.90 Å². The number of piperidine rings is 1. The highest BCUT2D eigenvalue weighted by atomic mass is 32.2. The van der Waals surface area contributed by atoms with Gasteiger partial charge in [-0.1, -0.05) is 25.0 Å². The summed E-state index contributed by atoms with van der Waals surface area (Å²) in [4.78, 5) is 28.6. The minimum Gasteiger partial charge on any atom is -0.342 e. The van der Waals surface area contributed by atoms with Gasteiger partial charge in [0.05, 0.1) is 5.75 Å². The number of hydrogen-bond acceptors (Lipinski definition) is 4. The average Bonchev–Trinajstić information content (AvgIpc) is 2.97. The zero-order valence-electron chi connectivity index (χ0n) is 16.4. The Hall–Kier alpha value is -1.89. The van der Waals surface area contributed by atoms with Gasteiger partial charge in [0, 0.05) is 31.7 Å². The number of rotatable bonds is 5. The van der Waals surface area contributed by atoms with Gasteiger partial charge in [-0.05, 0) is 49.8 Å². The smallest absolute Gasteiger partial charge is 0.253 e. The molecular weight excluding hydrogens is 376 g/mol. The van der Waals surface area contributed by atoms with Crippen molar-refractivity contribution in [3.63, 3.8) is 0 Å². The van der Waals surface area contributed by atoms with Crippen molar-refractivity contribution in [2.75, 3.05) is 31.9 Å². The van der Waals surface area contributed by atoms with Crippen molar-refractivity contribution in [1.29, 1.82) is 0 Å². The van der Waals surface area contributed by atoms with E-state index in [2.05, 4.69) is 0 Å². The van der Waals surface area contributed by atoms with E-state index in [0.29, 0.717) is 24.2 Å². The van der Waals surface area contributed by atoms with Gasteiger partial charge >= 0.3 is 0 Å². The number of nitrogens with zero attached hydrogens (tertiary/aromatic N) is 2. The number of sulfone groups is 1. The molecule has 0 aromatic heterocycles. The second-order valence-corrected chi connectivity index (χ2v) is 9.94. The fraction of sp³-hybridized carbons (Fsp3) is 0.619. The lowest BCUT2D eigenvalue weighted by Crippen LogP contribution is -2.36. The van der Waals surface area contributed by atoms with Crippen LogP contribution in [0.1, 0.15) is 60.9 Å². The summed E-state index contributed by atoms with van der Waals surface area (Å²) in [5.74, 6) is -1.02. The van der Waals surface area contributed by atoms with Crippen molar-refractivity contribution in [1.82, 2.24) is 9.80 Å². The van der Waals surface area contributed by atoms with Crippen LogP contribution in [-0.2, 0) is 20.4 Å². The van der Waals surface area contributed by atoms with Gasteiger partial charge in [0.15, 0.2) is 9.84 Å². The monoisotopic (exact) mass is 406 g/mol. The molecule has 1 aromatic carbocycles. The SMILES string of the molecule is O=C(CS(=O)(=O)Cc1cccc(C(=O)N2CCCCC2)c1)N1CCCCCC1. The first-order chi connectivity index (χ1) is 13.4. The molecule has 7 heteroatoms. The molecule has 0 bridgehead atoms. The molecule has 6 nitrogen and oxygen atoms in total. The van der Waals surface area contributed by atoms with Crippen molar-refractivity contribution in [2.24, 2.45) is 0 Å². The van der Waals surface area contributed by atoms with E-state index in [1.54, 1.807) is 29.2 Å². The van der Waals surface area contributed by atoms with E-state index in [4.69, 9.17) is 0 Å². The van der Waals surface area contributed by atoms with Gasteiger partial charge in [-0.25, -0.2) is 8.42 Å². The summed E-state index contributed by atoms with van der Waals surface area (Å²) in [6.45, 7) is 2.81. The Morgan fingerprint density at radius 1 is 0.821 bits per heavy atom. The first kappa shape index (κ1) is 20.8. The summed E-state index contributed by atoms with van der Waals surface area (Å²) in [6.07, 6.45) is 7.23. The number of carbonyl (C=O) groups is 2. The number of benzene rings is 1. The lowest BCUT2D eigenvalue weighted by Gasteiger charge is -2.26. The van der Waals surface area contributed by atoms with Crippen molar-refractivity contribution in [3.05, 3.63) is 35.4 Å². The summed E-state index contributed by atoms with van der Waals surface area (Å²) in [5.41, 5.74) is 1.08. The topological polar surface area (TPSA) is 74.8 Å². The normalized spacial score (nSPS) is 18.6. The zero-order valence-corrected chi connectivity index (χ0v) is 17.3. The molecule has 0 radical (unpaired) electrons. The Bertz CT molecular complexity index is 792. The van der Waals surface area contributed by atoms with Gasteiger partial charge in [0.1, 0.15) is 5.75 Å². The van der Waals surface area contributed by atoms with Crippen LogP contribution in [0.15, 0.2) is 24.3 Å². The molecule has 2 aliphatic heterocycles. The number of carbonyl (C=O) groups excluding carboxylic acids is 2. The Kier molecular flexibility index (Phi) is 7.10. The molecule has 3 rings (SSSR count). The van der Waals surface area contributed by atoms with E-state index in [-0.39, 0.29) is 17.6 Å². The molecule has 2 aliphatic rings. The molecule has 2 heterocycles. The van der Waals surface area contributed by atoms with Gasteiger partial charge in [-0.2, -0.15) is 0 Å². The molecule has 0 atom stereocenters. The maximum absolute atomic E-state index is 12.7. The summed E-state index contributed by atoms with van der Waals surface area (Å²) in [5, 5.41) is 0. The van der Waals surface area contributed by atoms with Gasteiger partial charge in [-0.15, -0.1) is 0 Å². The molecule has 1 aromatic rings. The van der Waals surface area contributed by atoms with E-state index < -0.39 is 15.6 Å². The highest BCUT2D eigenvalue weighted by Crippen LogP contribution is 2.16. The van der Waals surface area contributed by atoms with Crippen LogP contribution in [0.25, 0.3) is 0 Å². The standard InChI is InChI=1S/C21H30N2O4S/c24-20(22-11-4-1-2-5-12-22)17-28(26,27)16-18-9-8-10-19(15-18)21(25)23-13-6-3-7-14-23/h8-10,15H,1-7,11-14,16-17H2. The van der Waals surface area contributed by atoms with Crippen LogP contribution in [0.2, 0.25) is 0 Å². The summed E-state index contributed by atoms with van der Waals surface area (Å²) < 4.78 is 25.2. The molecule has 28 heavy (non-hydrogen) atoms. The first-order valence-corrected chi connectivity index (χ1v) is 12.1. The van der Waals surface area contributed by atoms with Crippen molar-refractivity contribution >= 4 is 21.7 Å². The van der Waals surface area contributed by atoms with Gasteiger partial charge in [0.25, 0.3) is 5.91 Å². The Morgan fingerprint density at radius 2 is 1.39 bits per heavy atom. The minimum absolute atomic E-state index is 0.0420. The predicted octanol–water partition coefficient (Wildman–Crippen LogP) is 2.63. The molecule has 2 saturated heterocycles. The molecular formula is C21H30N2O4S. The first-order valence-electron chi connectivity index (χ1n) is 10.3. The van der Waals surface area contributed by atoms with Crippen LogP contribution in [-0.4, -0.2) is 62.0 Å². The molecule has 0 aliphatic carbocycles. The van der Waals surface area contributed by atoms with Crippen LogP contribution in [0.3, 0.4) is 0 Å². The second kappa shape index (κ2) is 9.54. The molecule has 154 valence electrons. The fourth-order valence-electron chi connectivity index (χ4n) is 3.98. The minimum atomic E-state index is -3.58. The summed E-state index contributed by atoms with van der Waals surface area (Å²) in [7, 11) is -3.58. The van der Waals surface area contributed by atoms with Gasteiger partial charge < -0.3 is 9.80 Å². The van der Waals surface area contributed by atoms with Crippen LogP contribution in [0.5, 0.6) is 0 Å². The molecule has 2 amide bonds. The highest BCUT2D eigenvalue weighted by Gasteiger charge is 2.24. The van der Waals surface area contributed by atoms with Crippen LogP contribution < -0.4 is 0 Å². The third-order valence-electron chi connectivity index (χ3n) is 5.51. The van der Waals surface area contributed by atoms with E-state index in [9.17, 15) is 18.0 Å². The van der Waals surface area contributed by atoms with Crippen LogP contribution in [0, 0.1) is 0 Å². The summed E-state index contributed by atoms with van der Waals surface area (Å²) >= 11 is 0. The van der Waals surface area contributed by atoms with Crippen LogP contribution in [0.4, 0.5) is 0 Å². The lowest BCUT2D eigenvalue weighted by molar-refractivity contribution is -0.128. The third-order valence-corrected chi connectivity index (χ3v) is 6.97. The van der Waals surface area contributed by atoms with E-state index >= 15 is 0 Å². The number of amides is 2. The molecule has 0 spiro atoms. The Balaban J connectivity index is 1.63. The largest absolute Gasteiger partial charge is 0.342 e. The van der Waals surface area contributed by atoms with Gasteiger partial charge in [0.2, 0.25) is 5.91 Å². The second-order valence-electron chi connectivity index (χ2n) is 7.88. The molecule has 0 unspecified atom stereocenters. The van der Waals surface area contributed by atoms with Crippen LogP contribution >= 0.6 is 0 Å². The lowest BCUT2D eigenvalue weighted by atomic mass is 10.1. The van der Waals surface area contributed by atoms with E-state index in [0.717, 1.165) is 58.0 Å². The third kappa shape index (κ3) is 5.80. The maximum Gasteiger partial charge on any atom is 0.253 e. The Labute approximate surface area is 167 Å². The Morgan fingerprint density at radius 3 is 2.04 bits per heavy atom. The molecule has 0 N–H and O–H groups in total. The molecule has 0 saturated carbocycles. The predicted molar refractivity (Wildman–Crippen MR) is 109 cm³/mol. The zero-order chi connectivity index (χ0) is 20.0.